The van der Waals surface area contributed by atoms with E-state index in [1.807, 2.05) is 55.6 Å². The summed E-state index contributed by atoms with van der Waals surface area (Å²) in [7, 11) is 0. The van der Waals surface area contributed by atoms with Crippen LogP contribution in [0.25, 0.3) is 16.9 Å². The largest absolute Gasteiger partial charge is 3.00 e. The summed E-state index contributed by atoms with van der Waals surface area (Å²) in [6.07, 6.45) is 3.65. The van der Waals surface area contributed by atoms with Crippen molar-refractivity contribution in [2.24, 2.45) is 0 Å². The van der Waals surface area contributed by atoms with Crippen LogP contribution in [0.3, 0.4) is 0 Å². The van der Waals surface area contributed by atoms with Gasteiger partial charge in [-0.05, 0) is 11.8 Å². The van der Waals surface area contributed by atoms with E-state index in [1.165, 1.54) is 6.07 Å². The smallest absolute Gasteiger partial charge is 0.616 e. The predicted octanol–water partition coefficient (Wildman–Crippen LogP) is 3.62. The van der Waals surface area contributed by atoms with Gasteiger partial charge in [-0.1, -0.05) is 13.0 Å². The molecule has 6 heteroatoms. The number of nitrogens with zero attached hydrogens (tertiary/aromatic N) is 4. The van der Waals surface area contributed by atoms with Crippen LogP contribution in [0.2, 0.25) is 0 Å². The molecule has 0 aliphatic rings. The first-order valence-electron chi connectivity index (χ1n) is 7.34. The molecular formula is C19H14FIrN4. The number of para-hydroxylation sites is 1. The van der Waals surface area contributed by atoms with E-state index < -0.39 is 5.95 Å². The van der Waals surface area contributed by atoms with Gasteiger partial charge < -0.3 is 10.2 Å². The summed E-state index contributed by atoms with van der Waals surface area (Å²) in [6, 6.07) is 22.6. The van der Waals surface area contributed by atoms with Crippen molar-refractivity contribution in [2.45, 2.75) is 6.92 Å². The molecule has 0 aliphatic heterocycles. The van der Waals surface area contributed by atoms with Crippen LogP contribution >= 0.6 is 0 Å². The number of aromatic nitrogens is 4. The summed E-state index contributed by atoms with van der Waals surface area (Å²) in [6.45, 7) is 1.96. The van der Waals surface area contributed by atoms with Crippen LogP contribution in [-0.2, 0) is 20.1 Å². The summed E-state index contributed by atoms with van der Waals surface area (Å²) < 4.78 is 14.3. The Morgan fingerprint density at radius 2 is 1.96 bits per heavy atom. The molecule has 2 aromatic carbocycles. The molecule has 0 radical (unpaired) electrons. The summed E-state index contributed by atoms with van der Waals surface area (Å²) in [5, 5.41) is 11.0. The third-order valence-corrected chi connectivity index (χ3v) is 3.19. The van der Waals surface area contributed by atoms with Crippen molar-refractivity contribution in [2.75, 3.05) is 0 Å². The maximum Gasteiger partial charge on any atom is 3.00 e. The molecule has 0 fully saturated rings. The Kier molecular flexibility index (Phi) is 6.80. The minimum absolute atomic E-state index is 0. The van der Waals surface area contributed by atoms with Crippen molar-refractivity contribution in [1.29, 1.82) is 0 Å². The van der Waals surface area contributed by atoms with Crippen LogP contribution in [0.5, 0.6) is 0 Å². The second-order valence-electron chi connectivity index (χ2n) is 5.03. The van der Waals surface area contributed by atoms with Gasteiger partial charge in [-0.3, -0.25) is 4.68 Å². The van der Waals surface area contributed by atoms with E-state index in [9.17, 15) is 4.39 Å². The average Bonchev–Trinajstić information content (AvgIpc) is 3.28. The molecule has 0 spiro atoms. The fourth-order valence-electron chi connectivity index (χ4n) is 2.07. The molecule has 0 N–H and O–H groups in total. The summed E-state index contributed by atoms with van der Waals surface area (Å²) >= 11 is 0. The Hall–Kier alpha value is -2.56. The molecule has 0 saturated heterocycles. The molecular weight excluding hydrogens is 495 g/mol. The second kappa shape index (κ2) is 9.06. The van der Waals surface area contributed by atoms with Gasteiger partial charge >= 0.3 is 20.1 Å². The van der Waals surface area contributed by atoms with Crippen LogP contribution in [0.1, 0.15) is 5.56 Å². The van der Waals surface area contributed by atoms with Gasteiger partial charge in [0.1, 0.15) is 0 Å². The topological polar surface area (TPSA) is 44.8 Å². The number of halogens is 1. The Morgan fingerprint density at radius 1 is 1.08 bits per heavy atom. The van der Waals surface area contributed by atoms with Gasteiger partial charge in [0.05, 0.1) is 0 Å². The van der Waals surface area contributed by atoms with Gasteiger partial charge in [0.15, 0.2) is 5.95 Å². The third-order valence-electron chi connectivity index (χ3n) is 3.19. The van der Waals surface area contributed by atoms with E-state index in [1.54, 1.807) is 16.9 Å². The molecule has 2 heterocycles. The third kappa shape index (κ3) is 5.21. The predicted molar refractivity (Wildman–Crippen MR) is 88.9 cm³/mol. The Labute approximate surface area is 159 Å². The Bertz CT molecular complexity index is 889. The van der Waals surface area contributed by atoms with Gasteiger partial charge in [0.2, 0.25) is 0 Å². The summed E-state index contributed by atoms with van der Waals surface area (Å²) in [5.41, 5.74) is 3.37. The fraction of sp³-hybridized carbons (Fsp3) is 0.0526. The number of aryl methyl sites for hydroxylation is 1. The first-order chi connectivity index (χ1) is 11.7. The molecule has 4 rings (SSSR count). The zero-order valence-corrected chi connectivity index (χ0v) is 15.7. The molecule has 0 atom stereocenters. The van der Waals surface area contributed by atoms with Crippen LogP contribution in [-0.4, -0.2) is 14.9 Å². The van der Waals surface area contributed by atoms with Gasteiger partial charge in [-0.15, -0.1) is 35.9 Å². The Balaban J connectivity index is 0.000000175. The van der Waals surface area contributed by atoms with E-state index in [2.05, 4.69) is 27.4 Å². The maximum absolute atomic E-state index is 12.5. The molecule has 2 aromatic heterocycles. The minimum atomic E-state index is -0.551. The van der Waals surface area contributed by atoms with Gasteiger partial charge in [0, 0.05) is 12.4 Å². The number of hydrogen-bond acceptors (Lipinski definition) is 2. The van der Waals surface area contributed by atoms with Crippen molar-refractivity contribution in [1.82, 2.24) is 20.0 Å². The van der Waals surface area contributed by atoms with Crippen LogP contribution in [0.4, 0.5) is 4.39 Å². The minimum Gasteiger partial charge on any atom is -0.616 e. The first-order valence-corrected chi connectivity index (χ1v) is 7.34. The van der Waals surface area contributed by atoms with Crippen LogP contribution < -0.4 is 5.10 Å². The molecule has 25 heavy (non-hydrogen) atoms. The van der Waals surface area contributed by atoms with E-state index in [0.29, 0.717) is 5.69 Å². The average molecular weight is 510 g/mol. The van der Waals surface area contributed by atoms with Gasteiger partial charge in [-0.2, -0.15) is 39.3 Å². The molecule has 0 bridgehead atoms. The van der Waals surface area contributed by atoms with Gasteiger partial charge in [0.25, 0.3) is 0 Å². The molecule has 4 nitrogen and oxygen atoms in total. The fourth-order valence-corrected chi connectivity index (χ4v) is 2.07. The standard InChI is InChI=1S/C10H7FN2.C9H7N2.Ir/c1-7-3-2-4-8(5-7)9-6-10(11)13-12-9;1-2-5-9(6-3-1)11-8-4-7-10-11;/h2-3,5-6H,1H3;1-5,7-8H;/q-2;-1;+3. The number of hydrogen-bond donors (Lipinski definition) is 0. The maximum atomic E-state index is 12.5. The summed E-state index contributed by atoms with van der Waals surface area (Å²) in [5.74, 6) is -0.551. The van der Waals surface area contributed by atoms with E-state index in [0.717, 1.165) is 16.8 Å². The quantitative estimate of drug-likeness (QED) is 0.388. The van der Waals surface area contributed by atoms with Crippen LogP contribution in [0.15, 0.2) is 67.0 Å². The number of benzene rings is 2. The van der Waals surface area contributed by atoms with Crippen molar-refractivity contribution < 1.29 is 24.5 Å². The molecule has 0 unspecified atom stereocenters. The second-order valence-corrected chi connectivity index (χ2v) is 5.03. The van der Waals surface area contributed by atoms with Crippen molar-refractivity contribution in [3.8, 4) is 16.9 Å². The molecule has 0 aliphatic carbocycles. The van der Waals surface area contributed by atoms with Crippen molar-refractivity contribution in [3.05, 3.63) is 90.6 Å². The molecule has 4 aromatic rings. The number of rotatable bonds is 2. The molecule has 0 amide bonds. The summed E-state index contributed by atoms with van der Waals surface area (Å²) in [4.78, 5) is 0. The molecule has 0 saturated carbocycles. The first kappa shape index (κ1) is 18.8. The SMILES string of the molecule is Cc1cc[c-]c(-c2cc(F)n[n-]2)c1.[Ir+3].[c-]1ccccc1-n1cccn1. The van der Waals surface area contributed by atoms with Crippen LogP contribution in [0, 0.1) is 25.0 Å². The van der Waals surface area contributed by atoms with E-state index in [-0.39, 0.29) is 20.1 Å². The van der Waals surface area contributed by atoms with E-state index >= 15 is 0 Å². The normalized spacial score (nSPS) is 9.68. The molecule has 126 valence electrons. The Morgan fingerprint density at radius 3 is 2.56 bits per heavy atom. The van der Waals surface area contributed by atoms with E-state index in [4.69, 9.17) is 0 Å². The van der Waals surface area contributed by atoms with Crippen molar-refractivity contribution >= 4 is 0 Å². The monoisotopic (exact) mass is 510 g/mol. The van der Waals surface area contributed by atoms with Gasteiger partial charge in [-0.25, -0.2) is 5.69 Å². The zero-order chi connectivity index (χ0) is 16.8. The zero-order valence-electron chi connectivity index (χ0n) is 13.4. The van der Waals surface area contributed by atoms with Crippen molar-refractivity contribution in [3.63, 3.8) is 0 Å².